The molecule has 0 fully saturated rings. The summed E-state index contributed by atoms with van der Waals surface area (Å²) in [7, 11) is 4.91. The second-order valence-electron chi connectivity index (χ2n) is 4.19. The predicted octanol–water partition coefficient (Wildman–Crippen LogP) is 2.65. The first-order chi connectivity index (χ1) is 9.01. The van der Waals surface area contributed by atoms with E-state index < -0.39 is 0 Å². The van der Waals surface area contributed by atoms with Crippen LogP contribution in [-0.2, 0) is 7.05 Å². The van der Waals surface area contributed by atoms with Crippen LogP contribution in [0.15, 0.2) is 12.3 Å². The van der Waals surface area contributed by atoms with Gasteiger partial charge in [-0.2, -0.15) is 5.10 Å². The lowest BCUT2D eigenvalue weighted by Gasteiger charge is -2.15. The standard InChI is InChI=1S/C13H16ClN3O2/c1-7-5-9(18-3)12(19-4)11(14)10(7)8-6-16-17(2)13(8)15/h5-6H,15H2,1-4H3. The third-order valence-electron chi connectivity index (χ3n) is 3.06. The smallest absolute Gasteiger partial charge is 0.180 e. The Labute approximate surface area is 116 Å². The lowest BCUT2D eigenvalue weighted by molar-refractivity contribution is 0.355. The van der Waals surface area contributed by atoms with Crippen LogP contribution < -0.4 is 15.2 Å². The van der Waals surface area contributed by atoms with Gasteiger partial charge in [-0.15, -0.1) is 0 Å². The molecule has 1 heterocycles. The number of rotatable bonds is 3. The Morgan fingerprint density at radius 2 is 2.00 bits per heavy atom. The van der Waals surface area contributed by atoms with Crippen LogP contribution in [0.3, 0.4) is 0 Å². The van der Waals surface area contributed by atoms with Crippen molar-refractivity contribution in [3.05, 3.63) is 22.8 Å². The van der Waals surface area contributed by atoms with E-state index in [9.17, 15) is 0 Å². The van der Waals surface area contributed by atoms with E-state index in [2.05, 4.69) is 5.10 Å². The molecule has 19 heavy (non-hydrogen) atoms. The Morgan fingerprint density at radius 1 is 1.32 bits per heavy atom. The van der Waals surface area contributed by atoms with Crippen LogP contribution in [-0.4, -0.2) is 24.0 Å². The molecule has 102 valence electrons. The van der Waals surface area contributed by atoms with Gasteiger partial charge in [0.05, 0.1) is 25.4 Å². The molecule has 0 spiro atoms. The van der Waals surface area contributed by atoms with Crippen LogP contribution in [0, 0.1) is 6.92 Å². The van der Waals surface area contributed by atoms with E-state index in [-0.39, 0.29) is 0 Å². The van der Waals surface area contributed by atoms with Gasteiger partial charge in [0.15, 0.2) is 11.5 Å². The Balaban J connectivity index is 2.74. The Hall–Kier alpha value is -1.88. The van der Waals surface area contributed by atoms with Gasteiger partial charge in [0, 0.05) is 18.2 Å². The number of halogens is 1. The summed E-state index contributed by atoms with van der Waals surface area (Å²) < 4.78 is 12.2. The number of benzene rings is 1. The zero-order chi connectivity index (χ0) is 14.2. The van der Waals surface area contributed by atoms with Gasteiger partial charge >= 0.3 is 0 Å². The SMILES string of the molecule is COc1cc(C)c(-c2cnn(C)c2N)c(Cl)c1OC. The van der Waals surface area contributed by atoms with Crippen molar-refractivity contribution >= 4 is 17.4 Å². The number of aryl methyl sites for hydroxylation is 2. The molecule has 6 heteroatoms. The van der Waals surface area contributed by atoms with E-state index in [1.54, 1.807) is 32.1 Å². The fraction of sp³-hybridized carbons (Fsp3) is 0.308. The highest BCUT2D eigenvalue weighted by Crippen LogP contribution is 2.45. The molecule has 0 amide bonds. The number of methoxy groups -OCH3 is 2. The van der Waals surface area contributed by atoms with Gasteiger partial charge < -0.3 is 15.2 Å². The van der Waals surface area contributed by atoms with E-state index in [0.717, 1.165) is 16.7 Å². The van der Waals surface area contributed by atoms with E-state index >= 15 is 0 Å². The van der Waals surface area contributed by atoms with Gasteiger partial charge in [-0.3, -0.25) is 4.68 Å². The molecule has 2 rings (SSSR count). The highest BCUT2D eigenvalue weighted by molar-refractivity contribution is 6.35. The Bertz CT molecular complexity index is 623. The minimum absolute atomic E-state index is 0.471. The van der Waals surface area contributed by atoms with Gasteiger partial charge in [-0.1, -0.05) is 11.6 Å². The normalized spacial score (nSPS) is 10.6. The Kier molecular flexibility index (Phi) is 3.57. The molecule has 0 bridgehead atoms. The van der Waals surface area contributed by atoms with Gasteiger partial charge in [-0.05, 0) is 18.6 Å². The van der Waals surface area contributed by atoms with Crippen LogP contribution in [0.25, 0.3) is 11.1 Å². The lowest BCUT2D eigenvalue weighted by Crippen LogP contribution is -2.00. The number of ether oxygens (including phenoxy) is 2. The maximum absolute atomic E-state index is 6.42. The third kappa shape index (κ3) is 2.10. The van der Waals surface area contributed by atoms with Crippen molar-refractivity contribution in [2.45, 2.75) is 6.92 Å². The topological polar surface area (TPSA) is 62.3 Å². The third-order valence-corrected chi connectivity index (χ3v) is 3.42. The number of anilines is 1. The fourth-order valence-corrected chi connectivity index (χ4v) is 2.46. The van der Waals surface area contributed by atoms with Crippen molar-refractivity contribution in [3.63, 3.8) is 0 Å². The summed E-state index contributed by atoms with van der Waals surface area (Å²) in [5, 5.41) is 4.61. The van der Waals surface area contributed by atoms with Gasteiger partial charge in [0.25, 0.3) is 0 Å². The summed E-state index contributed by atoms with van der Waals surface area (Å²) in [5.41, 5.74) is 8.54. The lowest BCUT2D eigenvalue weighted by atomic mass is 10.0. The summed E-state index contributed by atoms with van der Waals surface area (Å²) in [5.74, 6) is 1.64. The van der Waals surface area contributed by atoms with E-state index in [4.69, 9.17) is 26.8 Å². The maximum atomic E-state index is 6.42. The van der Waals surface area contributed by atoms with Crippen LogP contribution in [0.5, 0.6) is 11.5 Å². The van der Waals surface area contributed by atoms with Crippen LogP contribution >= 0.6 is 11.6 Å². The van der Waals surface area contributed by atoms with E-state index in [1.807, 2.05) is 13.0 Å². The fourth-order valence-electron chi connectivity index (χ4n) is 2.04. The summed E-state index contributed by atoms with van der Waals surface area (Å²) in [6.45, 7) is 1.94. The van der Waals surface area contributed by atoms with Gasteiger partial charge in [-0.25, -0.2) is 0 Å². The highest BCUT2D eigenvalue weighted by Gasteiger charge is 2.20. The van der Waals surface area contributed by atoms with E-state index in [1.165, 1.54) is 0 Å². The summed E-state index contributed by atoms with van der Waals surface area (Å²) in [6.07, 6.45) is 1.69. The highest BCUT2D eigenvalue weighted by atomic mass is 35.5. The average Bonchev–Trinajstić information content (AvgIpc) is 2.70. The molecule has 1 aromatic carbocycles. The second kappa shape index (κ2) is 5.01. The number of aromatic nitrogens is 2. The quantitative estimate of drug-likeness (QED) is 0.939. The minimum Gasteiger partial charge on any atom is -0.493 e. The molecule has 0 saturated carbocycles. The molecule has 2 N–H and O–H groups in total. The van der Waals surface area contributed by atoms with Gasteiger partial charge in [0.2, 0.25) is 0 Å². The first-order valence-corrected chi connectivity index (χ1v) is 6.08. The van der Waals surface area contributed by atoms with Crippen LogP contribution in [0.2, 0.25) is 5.02 Å². The molecule has 0 aliphatic rings. The average molecular weight is 282 g/mol. The molecule has 0 saturated heterocycles. The van der Waals surface area contributed by atoms with Crippen LogP contribution in [0.1, 0.15) is 5.56 Å². The number of nitrogen functional groups attached to an aromatic ring is 1. The summed E-state index contributed by atoms with van der Waals surface area (Å²) in [4.78, 5) is 0. The molecule has 0 aliphatic carbocycles. The number of nitrogens with zero attached hydrogens (tertiary/aromatic N) is 2. The number of hydrogen-bond acceptors (Lipinski definition) is 4. The van der Waals surface area contributed by atoms with Gasteiger partial charge in [0.1, 0.15) is 5.82 Å². The monoisotopic (exact) mass is 281 g/mol. The van der Waals surface area contributed by atoms with Crippen molar-refractivity contribution in [2.75, 3.05) is 20.0 Å². The Morgan fingerprint density at radius 3 is 2.47 bits per heavy atom. The molecule has 0 radical (unpaired) electrons. The molecule has 2 aromatic rings. The summed E-state index contributed by atoms with van der Waals surface area (Å²) >= 11 is 6.42. The molecular formula is C13H16ClN3O2. The first kappa shape index (κ1) is 13.5. The largest absolute Gasteiger partial charge is 0.493 e. The number of nitrogens with two attached hydrogens (primary N) is 1. The molecule has 5 nitrogen and oxygen atoms in total. The van der Waals surface area contributed by atoms with Crippen molar-refractivity contribution in [2.24, 2.45) is 7.05 Å². The molecule has 1 aromatic heterocycles. The number of hydrogen-bond donors (Lipinski definition) is 1. The van der Waals surface area contributed by atoms with Crippen molar-refractivity contribution < 1.29 is 9.47 Å². The minimum atomic E-state index is 0.471. The van der Waals surface area contributed by atoms with Crippen LogP contribution in [0.4, 0.5) is 5.82 Å². The maximum Gasteiger partial charge on any atom is 0.180 e. The van der Waals surface area contributed by atoms with Crippen molar-refractivity contribution in [3.8, 4) is 22.6 Å². The molecule has 0 atom stereocenters. The molecule has 0 unspecified atom stereocenters. The molecule has 0 aliphatic heterocycles. The van der Waals surface area contributed by atoms with E-state index in [0.29, 0.717) is 22.3 Å². The summed E-state index contributed by atoms with van der Waals surface area (Å²) in [6, 6.07) is 1.87. The first-order valence-electron chi connectivity index (χ1n) is 5.70. The van der Waals surface area contributed by atoms with Crippen molar-refractivity contribution in [1.82, 2.24) is 9.78 Å². The van der Waals surface area contributed by atoms with Crippen molar-refractivity contribution in [1.29, 1.82) is 0 Å². The predicted molar refractivity (Wildman–Crippen MR) is 75.9 cm³/mol. The zero-order valence-corrected chi connectivity index (χ0v) is 12.1. The zero-order valence-electron chi connectivity index (χ0n) is 11.3. The second-order valence-corrected chi connectivity index (χ2v) is 4.56. The molecular weight excluding hydrogens is 266 g/mol.